The minimum Gasteiger partial charge on any atom is -0.112 e. The van der Waals surface area contributed by atoms with E-state index < -0.39 is 0 Å². The molecule has 0 N–H and O–H groups in total. The summed E-state index contributed by atoms with van der Waals surface area (Å²) >= 11 is 0. The number of hydrogen-bond donors (Lipinski definition) is 0. The maximum atomic E-state index is 6.10. The lowest BCUT2D eigenvalue weighted by Crippen LogP contribution is -2.55. The molecule has 0 unspecified atom stereocenters. The lowest BCUT2D eigenvalue weighted by molar-refractivity contribution is 0.590. The average molecular weight is 259 g/mol. The van der Waals surface area contributed by atoms with E-state index in [1.807, 2.05) is 12.1 Å². The first-order valence-electron chi connectivity index (χ1n) is 6.76. The first-order chi connectivity index (χ1) is 9.64. The molecular formula is C16H13B5. The van der Waals surface area contributed by atoms with Crippen molar-refractivity contribution in [2.45, 2.75) is 26.2 Å². The second-order valence-electron chi connectivity index (χ2n) is 6.27. The zero-order valence-electron chi connectivity index (χ0n) is 12.7. The SMILES string of the molecule is [B]c1c([B])c([B])c(-c2cccc(C(C)(C)C)c2)c([B])c1[B]. The van der Waals surface area contributed by atoms with Gasteiger partial charge in [-0.15, -0.1) is 16.4 Å². The van der Waals surface area contributed by atoms with E-state index in [9.17, 15) is 0 Å². The first kappa shape index (κ1) is 16.1. The molecule has 0 atom stereocenters. The maximum Gasteiger partial charge on any atom is 0.113 e. The van der Waals surface area contributed by atoms with Crippen molar-refractivity contribution in [3.8, 4) is 11.1 Å². The highest BCUT2D eigenvalue weighted by Crippen LogP contribution is 2.25. The van der Waals surface area contributed by atoms with Gasteiger partial charge in [-0.25, -0.2) is 0 Å². The van der Waals surface area contributed by atoms with Gasteiger partial charge in [0.2, 0.25) is 0 Å². The summed E-state index contributed by atoms with van der Waals surface area (Å²) < 4.78 is 0. The van der Waals surface area contributed by atoms with E-state index in [4.69, 9.17) is 39.2 Å². The quantitative estimate of drug-likeness (QED) is 0.554. The van der Waals surface area contributed by atoms with Gasteiger partial charge in [0.15, 0.2) is 0 Å². The molecule has 0 nitrogen and oxygen atoms in total. The second-order valence-corrected chi connectivity index (χ2v) is 6.27. The lowest BCUT2D eigenvalue weighted by Gasteiger charge is -2.24. The van der Waals surface area contributed by atoms with Gasteiger partial charge in [0.25, 0.3) is 0 Å². The van der Waals surface area contributed by atoms with Crippen molar-refractivity contribution >= 4 is 66.5 Å². The Balaban J connectivity index is 2.74. The van der Waals surface area contributed by atoms with Crippen LogP contribution in [0, 0.1) is 0 Å². The molecule has 0 saturated heterocycles. The van der Waals surface area contributed by atoms with Gasteiger partial charge in [-0.2, -0.15) is 0 Å². The summed E-state index contributed by atoms with van der Waals surface area (Å²) in [4.78, 5) is 0. The fourth-order valence-corrected chi connectivity index (χ4v) is 2.30. The van der Waals surface area contributed by atoms with Crippen molar-refractivity contribution in [2.24, 2.45) is 0 Å². The third-order valence-electron chi connectivity index (χ3n) is 3.72. The third kappa shape index (κ3) is 2.88. The molecule has 0 aliphatic rings. The Labute approximate surface area is 134 Å². The van der Waals surface area contributed by atoms with Gasteiger partial charge in [0.1, 0.15) is 39.2 Å². The molecule has 0 spiro atoms. The predicted octanol–water partition coefficient (Wildman–Crippen LogP) is -1.38. The molecule has 92 valence electrons. The zero-order chi connectivity index (χ0) is 15.9. The van der Waals surface area contributed by atoms with Gasteiger partial charge in [0.05, 0.1) is 0 Å². The summed E-state index contributed by atoms with van der Waals surface area (Å²) in [6.07, 6.45) is 0. The molecule has 0 aromatic heterocycles. The topological polar surface area (TPSA) is 0 Å². The van der Waals surface area contributed by atoms with Crippen LogP contribution >= 0.6 is 0 Å². The summed E-state index contributed by atoms with van der Waals surface area (Å²) in [5.41, 5.74) is 4.24. The molecule has 2 aromatic rings. The lowest BCUT2D eigenvalue weighted by atomic mass is 9.59. The van der Waals surface area contributed by atoms with E-state index in [1.165, 1.54) is 5.56 Å². The van der Waals surface area contributed by atoms with Gasteiger partial charge < -0.3 is 0 Å². The standard InChI is InChI=1S/C16H13B5/c1-16(2,3)9-6-4-5-8(7-9)10-11(17)13(19)15(21)14(20)12(10)18/h4-7H,1-3H3. The van der Waals surface area contributed by atoms with E-state index in [0.717, 1.165) is 5.56 Å². The monoisotopic (exact) mass is 260 g/mol. The zero-order valence-corrected chi connectivity index (χ0v) is 12.7. The Morgan fingerprint density at radius 3 is 1.67 bits per heavy atom. The number of benzene rings is 2. The van der Waals surface area contributed by atoms with Crippen LogP contribution < -0.4 is 27.3 Å². The fourth-order valence-electron chi connectivity index (χ4n) is 2.30. The van der Waals surface area contributed by atoms with Crippen LogP contribution in [0.15, 0.2) is 24.3 Å². The third-order valence-corrected chi connectivity index (χ3v) is 3.72. The summed E-state index contributed by atoms with van der Waals surface area (Å²) in [6, 6.07) is 8.03. The molecular weight excluding hydrogens is 246 g/mol. The first-order valence-corrected chi connectivity index (χ1v) is 6.76. The molecule has 0 heterocycles. The molecule has 0 saturated carbocycles. The normalized spacial score (nSPS) is 11.6. The highest BCUT2D eigenvalue weighted by molar-refractivity contribution is 6.68. The largest absolute Gasteiger partial charge is 0.113 e. The van der Waals surface area contributed by atoms with Gasteiger partial charge >= 0.3 is 0 Å². The van der Waals surface area contributed by atoms with Gasteiger partial charge in [0, 0.05) is 0 Å². The van der Waals surface area contributed by atoms with Crippen molar-refractivity contribution in [3.05, 3.63) is 29.8 Å². The highest BCUT2D eigenvalue weighted by atomic mass is 14.2. The van der Waals surface area contributed by atoms with Crippen LogP contribution in [0.5, 0.6) is 0 Å². The molecule has 2 aromatic carbocycles. The van der Waals surface area contributed by atoms with Gasteiger partial charge in [-0.3, -0.25) is 0 Å². The summed E-state index contributed by atoms with van der Waals surface area (Å²) in [6.45, 7) is 6.43. The van der Waals surface area contributed by atoms with Crippen molar-refractivity contribution in [1.29, 1.82) is 0 Å². The van der Waals surface area contributed by atoms with Crippen molar-refractivity contribution < 1.29 is 0 Å². The van der Waals surface area contributed by atoms with E-state index in [1.54, 1.807) is 0 Å². The Hall–Kier alpha value is -1.24. The molecule has 2 rings (SSSR count). The van der Waals surface area contributed by atoms with Crippen LogP contribution in [0.4, 0.5) is 0 Å². The molecule has 0 bridgehead atoms. The van der Waals surface area contributed by atoms with Gasteiger partial charge in [-0.1, -0.05) is 56.0 Å². The Morgan fingerprint density at radius 1 is 0.714 bits per heavy atom. The minimum absolute atomic E-state index is 0.0183. The van der Waals surface area contributed by atoms with Gasteiger partial charge in [-0.05, 0) is 22.1 Å². The van der Waals surface area contributed by atoms with Crippen LogP contribution in [0.2, 0.25) is 0 Å². The Bertz CT molecular complexity index is 670. The molecule has 0 fully saturated rings. The second kappa shape index (κ2) is 5.52. The van der Waals surface area contributed by atoms with Crippen LogP contribution in [0.25, 0.3) is 11.1 Å². The van der Waals surface area contributed by atoms with Crippen molar-refractivity contribution in [3.63, 3.8) is 0 Å². The van der Waals surface area contributed by atoms with Crippen LogP contribution in [-0.4, -0.2) is 39.2 Å². The molecule has 0 amide bonds. The predicted molar refractivity (Wildman–Crippen MR) is 97.5 cm³/mol. The fraction of sp³-hybridized carbons (Fsp3) is 0.250. The number of hydrogen-bond acceptors (Lipinski definition) is 0. The van der Waals surface area contributed by atoms with E-state index in [-0.39, 0.29) is 21.8 Å². The summed E-state index contributed by atoms with van der Waals surface area (Å²) in [5.74, 6) is 0. The molecule has 5 heteroatoms. The maximum absolute atomic E-state index is 6.10. The molecule has 10 radical (unpaired) electrons. The molecule has 0 aliphatic carbocycles. The minimum atomic E-state index is 0.0183. The summed E-state index contributed by atoms with van der Waals surface area (Å²) in [5, 5.41) is 0. The van der Waals surface area contributed by atoms with Crippen molar-refractivity contribution in [1.82, 2.24) is 0 Å². The Morgan fingerprint density at radius 2 is 1.19 bits per heavy atom. The smallest absolute Gasteiger partial charge is 0.112 e. The van der Waals surface area contributed by atoms with E-state index in [2.05, 4.69) is 32.9 Å². The summed E-state index contributed by atoms with van der Waals surface area (Å²) in [7, 11) is 29.9. The molecule has 21 heavy (non-hydrogen) atoms. The van der Waals surface area contributed by atoms with Crippen LogP contribution in [0.1, 0.15) is 26.3 Å². The van der Waals surface area contributed by atoms with Crippen LogP contribution in [-0.2, 0) is 5.41 Å². The van der Waals surface area contributed by atoms with E-state index in [0.29, 0.717) is 16.5 Å². The Kier molecular flexibility index (Phi) is 4.24. The molecule has 0 aliphatic heterocycles. The highest BCUT2D eigenvalue weighted by Gasteiger charge is 2.16. The number of rotatable bonds is 1. The van der Waals surface area contributed by atoms with Crippen molar-refractivity contribution in [2.75, 3.05) is 0 Å². The van der Waals surface area contributed by atoms with Crippen LogP contribution in [0.3, 0.4) is 0 Å². The van der Waals surface area contributed by atoms with E-state index >= 15 is 0 Å². The average Bonchev–Trinajstić information content (AvgIpc) is 2.43.